The second-order valence-electron chi connectivity index (χ2n) is 4.23. The Morgan fingerprint density at radius 1 is 1.59 bits per heavy atom. The fraction of sp³-hybridized carbons (Fsp3) is 0.500. The molecule has 0 aliphatic rings. The van der Waals surface area contributed by atoms with E-state index in [1.165, 1.54) is 12.3 Å². The predicted octanol–water partition coefficient (Wildman–Crippen LogP) is 1.77. The van der Waals surface area contributed by atoms with Crippen LogP contribution in [0, 0.1) is 5.82 Å². The van der Waals surface area contributed by atoms with Gasteiger partial charge in [0, 0.05) is 19.3 Å². The molecule has 0 aliphatic carbocycles. The van der Waals surface area contributed by atoms with Crippen molar-refractivity contribution in [1.82, 2.24) is 10.3 Å². The average molecular weight is 240 g/mol. The van der Waals surface area contributed by atoms with E-state index in [1.807, 2.05) is 20.8 Å². The van der Waals surface area contributed by atoms with Gasteiger partial charge in [0.05, 0.1) is 17.4 Å². The number of hydrogen-bond donors (Lipinski definition) is 1. The van der Waals surface area contributed by atoms with Gasteiger partial charge in [-0.15, -0.1) is 0 Å². The van der Waals surface area contributed by atoms with Crippen molar-refractivity contribution >= 4 is 5.91 Å². The average Bonchev–Trinajstić information content (AvgIpc) is 2.27. The molecule has 1 N–H and O–H groups in total. The number of carbonyl (C=O) groups is 1. The van der Waals surface area contributed by atoms with Gasteiger partial charge in [-0.25, -0.2) is 4.39 Å². The van der Waals surface area contributed by atoms with E-state index in [9.17, 15) is 9.18 Å². The van der Waals surface area contributed by atoms with Crippen molar-refractivity contribution in [2.24, 2.45) is 0 Å². The van der Waals surface area contributed by atoms with Gasteiger partial charge in [0.25, 0.3) is 5.91 Å². The van der Waals surface area contributed by atoms with Gasteiger partial charge < -0.3 is 10.1 Å². The molecule has 0 unspecified atom stereocenters. The Morgan fingerprint density at radius 2 is 2.29 bits per heavy atom. The molecule has 0 saturated carbocycles. The van der Waals surface area contributed by atoms with Gasteiger partial charge in [0.1, 0.15) is 0 Å². The number of amides is 1. The molecule has 1 aromatic rings. The number of ether oxygens (including phenoxy) is 1. The van der Waals surface area contributed by atoms with Gasteiger partial charge in [0.15, 0.2) is 5.82 Å². The van der Waals surface area contributed by atoms with Crippen molar-refractivity contribution in [3.8, 4) is 0 Å². The summed E-state index contributed by atoms with van der Waals surface area (Å²) in [4.78, 5) is 15.3. The number of carbonyl (C=O) groups excluding carboxylic acids is 1. The molecule has 0 atom stereocenters. The maximum Gasteiger partial charge on any atom is 0.254 e. The number of rotatable bonds is 5. The van der Waals surface area contributed by atoms with Crippen molar-refractivity contribution in [2.45, 2.75) is 26.4 Å². The van der Waals surface area contributed by atoms with E-state index in [1.54, 1.807) is 0 Å². The predicted molar refractivity (Wildman–Crippen MR) is 62.2 cm³/mol. The molecule has 94 valence electrons. The van der Waals surface area contributed by atoms with E-state index in [-0.39, 0.29) is 5.56 Å². The van der Waals surface area contributed by atoms with Gasteiger partial charge >= 0.3 is 0 Å². The Kier molecular flexibility index (Phi) is 4.57. The van der Waals surface area contributed by atoms with Crippen LogP contribution in [0.2, 0.25) is 0 Å². The molecule has 0 fully saturated rings. The highest BCUT2D eigenvalue weighted by Crippen LogP contribution is 2.08. The van der Waals surface area contributed by atoms with Crippen LogP contribution in [0.25, 0.3) is 0 Å². The monoisotopic (exact) mass is 240 g/mol. The molecule has 1 rings (SSSR count). The van der Waals surface area contributed by atoms with Crippen molar-refractivity contribution in [1.29, 1.82) is 0 Å². The molecule has 17 heavy (non-hydrogen) atoms. The summed E-state index contributed by atoms with van der Waals surface area (Å²) in [5.41, 5.74) is -0.471. The Hall–Kier alpha value is -1.49. The number of halogens is 1. The third kappa shape index (κ3) is 4.11. The summed E-state index contributed by atoms with van der Waals surface area (Å²) in [5, 5.41) is 2.63. The van der Waals surface area contributed by atoms with E-state index in [0.29, 0.717) is 13.2 Å². The standard InChI is InChI=1S/C12H17FN2O2/c1-4-17-12(2,3)8-15-11(16)9-5-6-14-7-10(9)13/h5-7H,4,8H2,1-3H3,(H,15,16). The van der Waals surface area contributed by atoms with E-state index in [4.69, 9.17) is 4.74 Å². The molecule has 1 aromatic heterocycles. The van der Waals surface area contributed by atoms with Crippen LogP contribution in [-0.2, 0) is 4.74 Å². The quantitative estimate of drug-likeness (QED) is 0.853. The summed E-state index contributed by atoms with van der Waals surface area (Å²) in [6.07, 6.45) is 2.40. The molecule has 0 aromatic carbocycles. The lowest BCUT2D eigenvalue weighted by atomic mass is 10.1. The third-order valence-electron chi connectivity index (χ3n) is 2.23. The van der Waals surface area contributed by atoms with Crippen molar-refractivity contribution in [3.05, 3.63) is 29.8 Å². The first-order valence-electron chi connectivity index (χ1n) is 5.48. The Morgan fingerprint density at radius 3 is 2.88 bits per heavy atom. The van der Waals surface area contributed by atoms with Crippen LogP contribution in [0.5, 0.6) is 0 Å². The molecule has 0 radical (unpaired) electrons. The van der Waals surface area contributed by atoms with Gasteiger partial charge in [-0.1, -0.05) is 0 Å². The number of nitrogens with one attached hydrogen (secondary N) is 1. The second kappa shape index (κ2) is 5.72. The van der Waals surface area contributed by atoms with Crippen LogP contribution in [0.15, 0.2) is 18.5 Å². The van der Waals surface area contributed by atoms with E-state index in [2.05, 4.69) is 10.3 Å². The number of hydrogen-bond acceptors (Lipinski definition) is 3. The zero-order chi connectivity index (χ0) is 12.9. The molecule has 0 saturated heterocycles. The van der Waals surface area contributed by atoms with Crippen molar-refractivity contribution in [2.75, 3.05) is 13.2 Å². The van der Waals surface area contributed by atoms with Gasteiger partial charge in [-0.05, 0) is 26.8 Å². The number of pyridine rings is 1. The number of aromatic nitrogens is 1. The maximum atomic E-state index is 13.3. The first-order valence-corrected chi connectivity index (χ1v) is 5.48. The van der Waals surface area contributed by atoms with Crippen LogP contribution in [0.3, 0.4) is 0 Å². The van der Waals surface area contributed by atoms with Crippen LogP contribution >= 0.6 is 0 Å². The van der Waals surface area contributed by atoms with Crippen LogP contribution in [-0.4, -0.2) is 29.6 Å². The van der Waals surface area contributed by atoms with Crippen LogP contribution in [0.4, 0.5) is 4.39 Å². The fourth-order valence-electron chi connectivity index (χ4n) is 1.39. The third-order valence-corrected chi connectivity index (χ3v) is 2.23. The molecule has 1 amide bonds. The summed E-state index contributed by atoms with van der Waals surface area (Å²) in [7, 11) is 0. The molecule has 5 heteroatoms. The molecule has 0 spiro atoms. The molecule has 4 nitrogen and oxygen atoms in total. The molecule has 0 bridgehead atoms. The minimum absolute atomic E-state index is 0.00713. The van der Waals surface area contributed by atoms with Crippen LogP contribution < -0.4 is 5.32 Å². The van der Waals surface area contributed by atoms with Crippen molar-refractivity contribution in [3.63, 3.8) is 0 Å². The summed E-state index contributed by atoms with van der Waals surface area (Å²) in [5.74, 6) is -1.09. The summed E-state index contributed by atoms with van der Waals surface area (Å²) < 4.78 is 18.7. The topological polar surface area (TPSA) is 51.2 Å². The lowest BCUT2D eigenvalue weighted by molar-refractivity contribution is -0.00818. The summed E-state index contributed by atoms with van der Waals surface area (Å²) in [6, 6.07) is 1.35. The Balaban J connectivity index is 2.59. The van der Waals surface area contributed by atoms with E-state index >= 15 is 0 Å². The van der Waals surface area contributed by atoms with Gasteiger partial charge in [0.2, 0.25) is 0 Å². The zero-order valence-electron chi connectivity index (χ0n) is 10.3. The largest absolute Gasteiger partial charge is 0.374 e. The fourth-order valence-corrected chi connectivity index (χ4v) is 1.39. The first-order chi connectivity index (χ1) is 7.96. The number of nitrogens with zero attached hydrogens (tertiary/aromatic N) is 1. The SMILES string of the molecule is CCOC(C)(C)CNC(=O)c1ccncc1F. The normalized spacial score (nSPS) is 11.3. The zero-order valence-corrected chi connectivity index (χ0v) is 10.3. The van der Waals surface area contributed by atoms with Crippen LogP contribution in [0.1, 0.15) is 31.1 Å². The minimum atomic E-state index is -0.626. The maximum absolute atomic E-state index is 13.3. The smallest absolute Gasteiger partial charge is 0.254 e. The highest BCUT2D eigenvalue weighted by Gasteiger charge is 2.20. The minimum Gasteiger partial charge on any atom is -0.374 e. The molecule has 0 aliphatic heterocycles. The molecular weight excluding hydrogens is 223 g/mol. The summed E-state index contributed by atoms with van der Waals surface area (Å²) >= 11 is 0. The first kappa shape index (κ1) is 13.6. The highest BCUT2D eigenvalue weighted by molar-refractivity contribution is 5.94. The Bertz CT molecular complexity index is 394. The molecular formula is C12H17FN2O2. The van der Waals surface area contributed by atoms with Gasteiger partial charge in [-0.2, -0.15) is 0 Å². The lowest BCUT2D eigenvalue weighted by Gasteiger charge is -2.24. The Labute approximate surface area is 100 Å². The lowest BCUT2D eigenvalue weighted by Crippen LogP contribution is -2.40. The van der Waals surface area contributed by atoms with Crippen molar-refractivity contribution < 1.29 is 13.9 Å². The highest BCUT2D eigenvalue weighted by atomic mass is 19.1. The van der Waals surface area contributed by atoms with E-state index < -0.39 is 17.3 Å². The van der Waals surface area contributed by atoms with E-state index in [0.717, 1.165) is 6.20 Å². The second-order valence-corrected chi connectivity index (χ2v) is 4.23. The summed E-state index contributed by atoms with van der Waals surface area (Å²) in [6.45, 7) is 6.49. The molecule has 1 heterocycles. The van der Waals surface area contributed by atoms with Gasteiger partial charge in [-0.3, -0.25) is 9.78 Å².